The van der Waals surface area contributed by atoms with E-state index in [0.717, 1.165) is 43.4 Å². The molecule has 0 fully saturated rings. The molecule has 0 amide bonds. The van der Waals surface area contributed by atoms with Crippen LogP contribution in [0.4, 0.5) is 0 Å². The van der Waals surface area contributed by atoms with Crippen molar-refractivity contribution in [3.05, 3.63) is 76.9 Å². The number of benzene rings is 2. The van der Waals surface area contributed by atoms with E-state index in [1.54, 1.807) is 24.3 Å². The molecule has 9 heteroatoms. The number of carbonyl (C=O) groups excluding carboxylic acids is 1. The van der Waals surface area contributed by atoms with Crippen molar-refractivity contribution in [2.24, 2.45) is 0 Å². The first-order chi connectivity index (χ1) is 15.5. The van der Waals surface area contributed by atoms with Gasteiger partial charge >= 0.3 is 18.9 Å². The number of aliphatic carboxylic acids is 1. The second-order valence-corrected chi connectivity index (χ2v) is 7.96. The summed E-state index contributed by atoms with van der Waals surface area (Å²) in [5, 5.41) is 28.4. The summed E-state index contributed by atoms with van der Waals surface area (Å²) in [5.74, 6) is 0.676. The number of hydrogen-bond donors (Lipinski definition) is 0. The Bertz CT molecular complexity index is 1140. The van der Waals surface area contributed by atoms with Crippen LogP contribution in [0.5, 0.6) is 5.75 Å². The summed E-state index contributed by atoms with van der Waals surface area (Å²) in [6, 6.07) is 17.3. The molecule has 1 unspecified atom stereocenters. The summed E-state index contributed by atoms with van der Waals surface area (Å²) in [7, 11) is 0. The standard InChI is InChI=1S/C24H25N5O3.Li/c1-17-26-27-23-15-28(9-10-29(17)23)14-18-3-2-4-19(11-18)16-32-22-7-5-20(6-8-22)21(13-25)12-24(30)31;/h2-8,11,21H,9-10,12,14-16H2,1H3,(H,30,31);/q;+1/p-1. The van der Waals surface area contributed by atoms with Gasteiger partial charge in [0.2, 0.25) is 0 Å². The maximum Gasteiger partial charge on any atom is 1.00 e. The summed E-state index contributed by atoms with van der Waals surface area (Å²) in [5.41, 5.74) is 2.92. The van der Waals surface area contributed by atoms with Crippen molar-refractivity contribution in [1.82, 2.24) is 19.7 Å². The van der Waals surface area contributed by atoms with E-state index in [9.17, 15) is 9.90 Å². The smallest absolute Gasteiger partial charge is 0.550 e. The predicted octanol–water partition coefficient (Wildman–Crippen LogP) is -1.07. The third-order valence-corrected chi connectivity index (χ3v) is 5.63. The van der Waals surface area contributed by atoms with Crippen LogP contribution >= 0.6 is 0 Å². The summed E-state index contributed by atoms with van der Waals surface area (Å²) in [6.45, 7) is 5.89. The van der Waals surface area contributed by atoms with Gasteiger partial charge in [0.05, 0.1) is 18.5 Å². The van der Waals surface area contributed by atoms with Crippen molar-refractivity contribution in [3.63, 3.8) is 0 Å². The minimum Gasteiger partial charge on any atom is -0.550 e. The van der Waals surface area contributed by atoms with Crippen LogP contribution in [0.25, 0.3) is 0 Å². The molecule has 3 aromatic rings. The monoisotopic (exact) mass is 437 g/mol. The van der Waals surface area contributed by atoms with Crippen molar-refractivity contribution < 1.29 is 33.5 Å². The maximum atomic E-state index is 10.8. The zero-order chi connectivity index (χ0) is 22.5. The fourth-order valence-electron chi connectivity index (χ4n) is 3.93. The Morgan fingerprint density at radius 1 is 1.18 bits per heavy atom. The summed E-state index contributed by atoms with van der Waals surface area (Å²) in [6.07, 6.45) is -0.321. The molecule has 0 saturated heterocycles. The maximum absolute atomic E-state index is 10.8. The van der Waals surface area contributed by atoms with Crippen molar-refractivity contribution >= 4 is 5.97 Å². The summed E-state index contributed by atoms with van der Waals surface area (Å²) < 4.78 is 8.06. The average molecular weight is 437 g/mol. The van der Waals surface area contributed by atoms with Gasteiger partial charge in [0.25, 0.3) is 0 Å². The van der Waals surface area contributed by atoms with Gasteiger partial charge in [0.15, 0.2) is 0 Å². The second kappa shape index (κ2) is 11.2. The number of nitrogens with zero attached hydrogens (tertiary/aromatic N) is 5. The molecule has 0 saturated carbocycles. The van der Waals surface area contributed by atoms with E-state index in [-0.39, 0.29) is 25.3 Å². The Morgan fingerprint density at radius 2 is 1.94 bits per heavy atom. The molecular formula is C24H24LiN5O3. The average Bonchev–Trinajstić information content (AvgIpc) is 3.16. The molecule has 0 spiro atoms. The molecule has 1 aliphatic rings. The third kappa shape index (κ3) is 6.24. The predicted molar refractivity (Wildman–Crippen MR) is 114 cm³/mol. The van der Waals surface area contributed by atoms with E-state index in [4.69, 9.17) is 10.00 Å². The fourth-order valence-corrected chi connectivity index (χ4v) is 3.93. The van der Waals surface area contributed by atoms with E-state index in [0.29, 0.717) is 17.9 Å². The van der Waals surface area contributed by atoms with E-state index >= 15 is 0 Å². The van der Waals surface area contributed by atoms with Gasteiger partial charge in [-0.25, -0.2) is 0 Å². The van der Waals surface area contributed by atoms with Gasteiger partial charge in [-0.2, -0.15) is 5.26 Å². The Balaban J connectivity index is 0.00000306. The number of nitriles is 1. The van der Waals surface area contributed by atoms with Gasteiger partial charge < -0.3 is 19.2 Å². The van der Waals surface area contributed by atoms with Crippen molar-refractivity contribution in [2.75, 3.05) is 6.54 Å². The largest absolute Gasteiger partial charge is 1.00 e. The molecular weight excluding hydrogens is 413 g/mol. The number of fused-ring (bicyclic) bond motifs is 1. The van der Waals surface area contributed by atoms with Gasteiger partial charge in [-0.05, 0) is 35.7 Å². The van der Waals surface area contributed by atoms with E-state index in [1.807, 2.05) is 25.1 Å². The molecule has 1 aromatic heterocycles. The molecule has 0 radical (unpaired) electrons. The normalized spacial score (nSPS) is 13.9. The SMILES string of the molecule is Cc1nnc2n1CCN(Cc1cccc(COc3ccc(C(C#N)CC(=O)[O-])cc3)c1)C2.[Li+]. The number of carboxylic acid groups (broad SMARTS) is 1. The summed E-state index contributed by atoms with van der Waals surface area (Å²) in [4.78, 5) is 13.1. The number of ether oxygens (including phenoxy) is 1. The third-order valence-electron chi connectivity index (χ3n) is 5.63. The molecule has 1 atom stereocenters. The number of carboxylic acids is 1. The zero-order valence-electron chi connectivity index (χ0n) is 18.9. The van der Waals surface area contributed by atoms with Crippen molar-refractivity contribution in [1.29, 1.82) is 5.26 Å². The van der Waals surface area contributed by atoms with Crippen LogP contribution in [-0.4, -0.2) is 32.2 Å². The van der Waals surface area contributed by atoms with Crippen LogP contribution in [0, 0.1) is 18.3 Å². The molecule has 8 nitrogen and oxygen atoms in total. The summed E-state index contributed by atoms with van der Waals surface area (Å²) >= 11 is 0. The number of hydrogen-bond acceptors (Lipinski definition) is 7. The topological polar surface area (TPSA) is 107 Å². The number of aryl methyl sites for hydroxylation is 1. The zero-order valence-corrected chi connectivity index (χ0v) is 18.9. The molecule has 2 aromatic carbocycles. The molecule has 4 rings (SSSR count). The fraction of sp³-hybridized carbons (Fsp3) is 0.333. The van der Waals surface area contributed by atoms with Crippen LogP contribution in [0.3, 0.4) is 0 Å². The Morgan fingerprint density at radius 3 is 2.67 bits per heavy atom. The first-order valence-electron chi connectivity index (χ1n) is 10.5. The van der Waals surface area contributed by atoms with Crippen LogP contribution in [-0.2, 0) is 31.0 Å². The Kier molecular flexibility index (Phi) is 8.30. The van der Waals surface area contributed by atoms with Crippen molar-refractivity contribution in [2.45, 2.75) is 45.5 Å². The molecule has 164 valence electrons. The molecule has 0 aliphatic carbocycles. The molecule has 33 heavy (non-hydrogen) atoms. The minimum atomic E-state index is -1.24. The van der Waals surface area contributed by atoms with Crippen LogP contribution in [0.2, 0.25) is 0 Å². The van der Waals surface area contributed by atoms with Gasteiger partial charge in [-0.3, -0.25) is 4.90 Å². The van der Waals surface area contributed by atoms with Crippen LogP contribution < -0.4 is 28.7 Å². The van der Waals surface area contributed by atoms with Gasteiger partial charge in [0.1, 0.15) is 24.0 Å². The molecule has 1 aliphatic heterocycles. The molecule has 2 heterocycles. The first kappa shape index (κ1) is 24.5. The van der Waals surface area contributed by atoms with E-state index < -0.39 is 11.9 Å². The van der Waals surface area contributed by atoms with E-state index in [1.165, 1.54) is 5.56 Å². The molecule has 0 N–H and O–H groups in total. The van der Waals surface area contributed by atoms with Gasteiger partial charge in [-0.1, -0.05) is 36.4 Å². The van der Waals surface area contributed by atoms with Crippen LogP contribution in [0.1, 0.15) is 40.7 Å². The Hall–Kier alpha value is -3.10. The quantitative estimate of drug-likeness (QED) is 0.413. The van der Waals surface area contributed by atoms with Gasteiger partial charge in [0, 0.05) is 32.0 Å². The number of carbonyl (C=O) groups is 1. The first-order valence-corrected chi connectivity index (χ1v) is 10.5. The van der Waals surface area contributed by atoms with E-state index in [2.05, 4.69) is 31.8 Å². The van der Waals surface area contributed by atoms with Crippen molar-refractivity contribution in [3.8, 4) is 11.8 Å². The van der Waals surface area contributed by atoms with Gasteiger partial charge in [-0.15, -0.1) is 10.2 Å². The molecule has 0 bridgehead atoms. The minimum absolute atomic E-state index is 0. The Labute approximate surface area is 205 Å². The second-order valence-electron chi connectivity index (χ2n) is 7.96. The number of rotatable bonds is 8. The number of aromatic nitrogens is 3. The van der Waals surface area contributed by atoms with Crippen LogP contribution in [0.15, 0.2) is 48.5 Å².